The van der Waals surface area contributed by atoms with Crippen LogP contribution in [0.5, 0.6) is 0 Å². The molecular formula is C19H24ClF2N5O4S. The molecule has 0 radical (unpaired) electrons. The van der Waals surface area contributed by atoms with Crippen molar-refractivity contribution < 1.29 is 28.2 Å². The van der Waals surface area contributed by atoms with Gasteiger partial charge in [-0.05, 0) is 19.8 Å². The fourth-order valence-corrected chi connectivity index (χ4v) is 4.57. The lowest BCUT2D eigenvalue weighted by Gasteiger charge is -2.38. The van der Waals surface area contributed by atoms with Crippen LogP contribution >= 0.6 is 22.9 Å². The van der Waals surface area contributed by atoms with Crippen molar-refractivity contribution >= 4 is 39.9 Å². The fraction of sp³-hybridized carbons (Fsp3) is 0.579. The van der Waals surface area contributed by atoms with Gasteiger partial charge in [0.2, 0.25) is 0 Å². The molecule has 32 heavy (non-hydrogen) atoms. The summed E-state index contributed by atoms with van der Waals surface area (Å²) in [5, 5.41) is 12.7. The van der Waals surface area contributed by atoms with E-state index < -0.39 is 36.6 Å². The number of carbonyl (C=O) groups is 2. The van der Waals surface area contributed by atoms with Gasteiger partial charge in [-0.25, -0.2) is 23.5 Å². The van der Waals surface area contributed by atoms with Gasteiger partial charge in [0, 0.05) is 20.0 Å². The number of thiazole rings is 1. The summed E-state index contributed by atoms with van der Waals surface area (Å²) < 4.78 is 32.4. The third-order valence-electron chi connectivity index (χ3n) is 4.97. The van der Waals surface area contributed by atoms with E-state index in [4.69, 9.17) is 16.3 Å². The van der Waals surface area contributed by atoms with Gasteiger partial charge in [0.05, 0.1) is 23.5 Å². The Bertz CT molecular complexity index is 993. The normalized spacial score (nSPS) is 19.2. The molecule has 1 amide bonds. The average molecular weight is 492 g/mol. The van der Waals surface area contributed by atoms with E-state index >= 15 is 0 Å². The van der Waals surface area contributed by atoms with Gasteiger partial charge in [0.1, 0.15) is 11.5 Å². The predicted molar refractivity (Wildman–Crippen MR) is 115 cm³/mol. The minimum absolute atomic E-state index is 0.0375. The molecule has 13 heteroatoms. The van der Waals surface area contributed by atoms with E-state index in [9.17, 15) is 23.5 Å². The number of aromatic nitrogens is 3. The average Bonchev–Trinajstić information content (AvgIpc) is 3.29. The number of H-pyrrole nitrogens is 1. The summed E-state index contributed by atoms with van der Waals surface area (Å²) in [6.07, 6.45) is 0.175. The van der Waals surface area contributed by atoms with Crippen LogP contribution in [0, 0.1) is 6.92 Å². The maximum Gasteiger partial charge on any atom is 0.347 e. The molecule has 3 rings (SSSR count). The van der Waals surface area contributed by atoms with E-state index in [0.717, 1.165) is 18.3 Å². The first-order chi connectivity index (χ1) is 15.0. The van der Waals surface area contributed by atoms with E-state index in [1.165, 1.54) is 0 Å². The van der Waals surface area contributed by atoms with Crippen LogP contribution in [0.25, 0.3) is 0 Å². The molecule has 1 saturated heterocycles. The summed E-state index contributed by atoms with van der Waals surface area (Å²) in [6.45, 7) is 3.98. The number of alkyl halides is 2. The molecule has 2 aromatic rings. The van der Waals surface area contributed by atoms with Crippen LogP contribution in [0.4, 0.5) is 13.9 Å². The molecular weight excluding hydrogens is 468 g/mol. The number of carbonyl (C=O) groups excluding carboxylic acids is 1. The van der Waals surface area contributed by atoms with Gasteiger partial charge in [0.15, 0.2) is 16.1 Å². The first-order valence-corrected chi connectivity index (χ1v) is 11.2. The molecule has 2 atom stereocenters. The predicted octanol–water partition coefficient (Wildman–Crippen LogP) is 3.14. The van der Waals surface area contributed by atoms with Crippen LogP contribution < -0.4 is 10.2 Å². The van der Waals surface area contributed by atoms with E-state index in [1.807, 2.05) is 6.92 Å². The SMILES string of the molecule is CCc1[nH]c(C(=O)NC2CCN(c3nc(C)c(C(=O)O)s3)CC2OCC(C)(F)F)nc1Cl. The zero-order valence-corrected chi connectivity index (χ0v) is 19.3. The number of rotatable bonds is 8. The second kappa shape index (κ2) is 9.67. The summed E-state index contributed by atoms with van der Waals surface area (Å²) in [4.78, 5) is 37.1. The third-order valence-corrected chi connectivity index (χ3v) is 6.49. The smallest absolute Gasteiger partial charge is 0.347 e. The maximum absolute atomic E-state index is 13.5. The molecule has 0 saturated carbocycles. The van der Waals surface area contributed by atoms with Gasteiger partial charge in [-0.1, -0.05) is 29.9 Å². The van der Waals surface area contributed by atoms with Gasteiger partial charge in [-0.3, -0.25) is 4.79 Å². The van der Waals surface area contributed by atoms with Crippen LogP contribution in [0.1, 0.15) is 51.9 Å². The molecule has 1 aliphatic rings. The number of amides is 1. The van der Waals surface area contributed by atoms with E-state index in [0.29, 0.717) is 35.9 Å². The molecule has 2 unspecified atom stereocenters. The first-order valence-electron chi connectivity index (χ1n) is 9.98. The lowest BCUT2D eigenvalue weighted by molar-refractivity contribution is -0.0947. The lowest BCUT2D eigenvalue weighted by atomic mass is 10.0. The topological polar surface area (TPSA) is 120 Å². The van der Waals surface area contributed by atoms with Gasteiger partial charge >= 0.3 is 5.97 Å². The molecule has 1 fully saturated rings. The first kappa shape index (κ1) is 24.3. The molecule has 3 heterocycles. The number of carboxylic acid groups (broad SMARTS) is 1. The largest absolute Gasteiger partial charge is 0.477 e. The molecule has 0 spiro atoms. The van der Waals surface area contributed by atoms with Crippen molar-refractivity contribution in [2.75, 3.05) is 24.6 Å². The Morgan fingerprint density at radius 2 is 2.16 bits per heavy atom. The molecule has 3 N–H and O–H groups in total. The zero-order chi connectivity index (χ0) is 23.6. The third kappa shape index (κ3) is 5.73. The summed E-state index contributed by atoms with van der Waals surface area (Å²) in [6, 6.07) is -0.560. The van der Waals surface area contributed by atoms with Crippen LogP contribution in [-0.2, 0) is 11.2 Å². The molecule has 0 aromatic carbocycles. The van der Waals surface area contributed by atoms with E-state index in [1.54, 1.807) is 11.8 Å². The minimum atomic E-state index is -3.05. The fourth-order valence-electron chi connectivity index (χ4n) is 3.36. The Hall–Kier alpha value is -2.31. The Morgan fingerprint density at radius 3 is 2.72 bits per heavy atom. The highest BCUT2D eigenvalue weighted by Gasteiger charge is 2.35. The van der Waals surface area contributed by atoms with Crippen LogP contribution in [0.2, 0.25) is 5.15 Å². The van der Waals surface area contributed by atoms with Crippen molar-refractivity contribution in [2.24, 2.45) is 0 Å². The van der Waals surface area contributed by atoms with Crippen molar-refractivity contribution in [1.29, 1.82) is 0 Å². The Balaban J connectivity index is 1.76. The highest BCUT2D eigenvalue weighted by molar-refractivity contribution is 7.17. The number of carboxylic acids is 1. The van der Waals surface area contributed by atoms with Gasteiger partial charge in [-0.15, -0.1) is 0 Å². The minimum Gasteiger partial charge on any atom is -0.477 e. The maximum atomic E-state index is 13.5. The van der Waals surface area contributed by atoms with Crippen molar-refractivity contribution in [3.05, 3.63) is 27.2 Å². The van der Waals surface area contributed by atoms with E-state index in [2.05, 4.69) is 20.3 Å². The highest BCUT2D eigenvalue weighted by Crippen LogP contribution is 2.29. The van der Waals surface area contributed by atoms with Gasteiger partial charge < -0.3 is 25.0 Å². The molecule has 1 aliphatic heterocycles. The molecule has 2 aromatic heterocycles. The summed E-state index contributed by atoms with van der Waals surface area (Å²) in [7, 11) is 0. The number of aromatic amines is 1. The van der Waals surface area contributed by atoms with Crippen LogP contribution in [0.15, 0.2) is 0 Å². The van der Waals surface area contributed by atoms with Crippen molar-refractivity contribution in [3.63, 3.8) is 0 Å². The summed E-state index contributed by atoms with van der Waals surface area (Å²) >= 11 is 7.01. The second-order valence-electron chi connectivity index (χ2n) is 7.66. The number of anilines is 1. The molecule has 0 aliphatic carbocycles. The van der Waals surface area contributed by atoms with Crippen LogP contribution in [-0.4, -0.2) is 69.7 Å². The number of imidazole rings is 1. The lowest BCUT2D eigenvalue weighted by Crippen LogP contribution is -2.56. The van der Waals surface area contributed by atoms with Crippen LogP contribution in [0.3, 0.4) is 0 Å². The quantitative estimate of drug-likeness (QED) is 0.518. The number of halogens is 3. The number of nitrogens with zero attached hydrogens (tertiary/aromatic N) is 3. The summed E-state index contributed by atoms with van der Waals surface area (Å²) in [5.41, 5.74) is 1.00. The van der Waals surface area contributed by atoms with Gasteiger partial charge in [-0.2, -0.15) is 0 Å². The number of hydrogen-bond donors (Lipinski definition) is 3. The number of nitrogens with one attached hydrogen (secondary N) is 2. The second-order valence-corrected chi connectivity index (χ2v) is 8.99. The van der Waals surface area contributed by atoms with Crippen molar-refractivity contribution in [1.82, 2.24) is 20.3 Å². The number of piperidine rings is 1. The van der Waals surface area contributed by atoms with Gasteiger partial charge in [0.25, 0.3) is 11.8 Å². The van der Waals surface area contributed by atoms with Crippen molar-refractivity contribution in [2.45, 2.75) is 51.7 Å². The highest BCUT2D eigenvalue weighted by atomic mass is 35.5. The number of aryl methyl sites for hydroxylation is 2. The Labute approximate surface area is 192 Å². The Kier molecular flexibility index (Phi) is 7.36. The molecule has 0 bridgehead atoms. The molecule has 9 nitrogen and oxygen atoms in total. The van der Waals surface area contributed by atoms with Crippen molar-refractivity contribution in [3.8, 4) is 0 Å². The zero-order valence-electron chi connectivity index (χ0n) is 17.7. The van der Waals surface area contributed by atoms with E-state index in [-0.39, 0.29) is 22.4 Å². The number of hydrogen-bond acceptors (Lipinski definition) is 7. The number of aromatic carboxylic acids is 1. The summed E-state index contributed by atoms with van der Waals surface area (Å²) in [5.74, 6) is -4.60. The monoisotopic (exact) mass is 491 g/mol. The Morgan fingerprint density at radius 1 is 1.44 bits per heavy atom. The molecule has 176 valence electrons. The number of ether oxygens (including phenoxy) is 1. The standard InChI is InChI=1S/C19H24ClF2N5O4S/c1-4-10-14(20)26-15(24-10)16(28)25-11-5-6-27(7-12(11)31-8-19(3,21)22)18-23-9(2)13(32-18)17(29)30/h11-12H,4-8H2,1-3H3,(H,24,26)(H,25,28)(H,29,30).